The molecule has 25 heavy (non-hydrogen) atoms. The summed E-state index contributed by atoms with van der Waals surface area (Å²) in [7, 11) is 0. The number of nitrogens with zero attached hydrogens (tertiary/aromatic N) is 4. The molecule has 3 N–H and O–H groups in total. The zero-order chi connectivity index (χ0) is 17.4. The normalized spacial score (nSPS) is 26.4. The minimum Gasteiger partial charge on any atom is -0.394 e. The first-order chi connectivity index (χ1) is 12.2. The minimum absolute atomic E-state index is 0.391. The second-order valence-corrected chi connectivity index (χ2v) is 6.71. The molecule has 9 heteroatoms. The Morgan fingerprint density at radius 3 is 2.64 bits per heavy atom. The van der Waals surface area contributed by atoms with E-state index in [0.29, 0.717) is 11.0 Å². The molecule has 0 spiro atoms. The number of aliphatic hydroxyl groups excluding tert-OH is 3. The largest absolute Gasteiger partial charge is 0.394 e. The third-order valence-corrected chi connectivity index (χ3v) is 5.10. The molecule has 3 aromatic rings. The van der Waals surface area contributed by atoms with Gasteiger partial charge in [0.15, 0.2) is 11.9 Å². The van der Waals surface area contributed by atoms with Crippen molar-refractivity contribution in [1.82, 2.24) is 19.7 Å². The molecule has 4 rings (SSSR count). The summed E-state index contributed by atoms with van der Waals surface area (Å²) < 4.78 is 6.94. The van der Waals surface area contributed by atoms with Gasteiger partial charge in [-0.1, -0.05) is 30.0 Å². The summed E-state index contributed by atoms with van der Waals surface area (Å²) >= 11 is 1.48. The van der Waals surface area contributed by atoms with Crippen LogP contribution in [0.25, 0.3) is 11.0 Å². The quantitative estimate of drug-likeness (QED) is 0.579. The summed E-state index contributed by atoms with van der Waals surface area (Å²) in [5.41, 5.74) is 0.489. The minimum atomic E-state index is -1.21. The molecule has 0 unspecified atom stereocenters. The first kappa shape index (κ1) is 16.4. The molecule has 0 radical (unpaired) electrons. The van der Waals surface area contributed by atoms with Gasteiger partial charge in [0.2, 0.25) is 0 Å². The Balaban J connectivity index is 1.70. The van der Waals surface area contributed by atoms with Gasteiger partial charge < -0.3 is 20.1 Å². The van der Waals surface area contributed by atoms with Crippen molar-refractivity contribution in [2.45, 2.75) is 34.5 Å². The van der Waals surface area contributed by atoms with Gasteiger partial charge in [-0.25, -0.2) is 14.6 Å². The fourth-order valence-corrected chi connectivity index (χ4v) is 3.66. The van der Waals surface area contributed by atoms with Crippen molar-refractivity contribution in [2.24, 2.45) is 0 Å². The standard InChI is InChI=1S/C16H16N4O4S/c21-7-11-12(22)13(23)16(24-11)20-14-10(6-19-20)15(18-8-17-14)25-9-4-2-1-3-5-9/h1-6,8,11-13,16,21-23H,7H2/t11-,12-,13-,16-/m1/s1. The number of ether oxygens (including phenoxy) is 1. The molecule has 4 atom stereocenters. The molecule has 1 aliphatic rings. The number of fused-ring (bicyclic) bond motifs is 1. The summed E-state index contributed by atoms with van der Waals surface area (Å²) in [4.78, 5) is 9.58. The van der Waals surface area contributed by atoms with E-state index >= 15 is 0 Å². The highest BCUT2D eigenvalue weighted by Crippen LogP contribution is 2.34. The van der Waals surface area contributed by atoms with Crippen LogP contribution in [-0.2, 0) is 4.74 Å². The molecule has 130 valence electrons. The molecule has 0 amide bonds. The van der Waals surface area contributed by atoms with Gasteiger partial charge in [-0.3, -0.25) is 0 Å². The fraction of sp³-hybridized carbons (Fsp3) is 0.312. The van der Waals surface area contributed by atoms with Crippen LogP contribution < -0.4 is 0 Å². The summed E-state index contributed by atoms with van der Waals surface area (Å²) in [6, 6.07) is 9.80. The number of hydrogen-bond donors (Lipinski definition) is 3. The van der Waals surface area contributed by atoms with Gasteiger partial charge >= 0.3 is 0 Å². The highest BCUT2D eigenvalue weighted by molar-refractivity contribution is 7.99. The third kappa shape index (κ3) is 2.90. The molecule has 1 saturated heterocycles. The van der Waals surface area contributed by atoms with E-state index in [0.717, 1.165) is 9.92 Å². The lowest BCUT2D eigenvalue weighted by atomic mass is 10.1. The van der Waals surface area contributed by atoms with E-state index in [4.69, 9.17) is 4.74 Å². The Morgan fingerprint density at radius 1 is 1.12 bits per heavy atom. The van der Waals surface area contributed by atoms with Gasteiger partial charge in [0.25, 0.3) is 0 Å². The molecule has 1 fully saturated rings. The summed E-state index contributed by atoms with van der Waals surface area (Å²) in [5, 5.41) is 35.1. The smallest absolute Gasteiger partial charge is 0.181 e. The van der Waals surface area contributed by atoms with Crippen LogP contribution in [0.2, 0.25) is 0 Å². The maximum Gasteiger partial charge on any atom is 0.181 e. The molecule has 2 aromatic heterocycles. The number of aliphatic hydroxyl groups is 3. The Labute approximate surface area is 147 Å². The zero-order valence-electron chi connectivity index (χ0n) is 13.0. The van der Waals surface area contributed by atoms with Crippen LogP contribution in [0.15, 0.2) is 52.8 Å². The van der Waals surface area contributed by atoms with Gasteiger partial charge in [0, 0.05) is 4.90 Å². The molecular formula is C16H16N4O4S. The van der Waals surface area contributed by atoms with Gasteiger partial charge in [-0.15, -0.1) is 0 Å². The monoisotopic (exact) mass is 360 g/mol. The first-order valence-corrected chi connectivity index (χ1v) is 8.54. The molecule has 0 saturated carbocycles. The second kappa shape index (κ2) is 6.70. The summed E-state index contributed by atoms with van der Waals surface area (Å²) in [6.45, 7) is -0.391. The van der Waals surface area contributed by atoms with Crippen LogP contribution in [0.1, 0.15) is 6.23 Å². The van der Waals surface area contributed by atoms with E-state index in [1.54, 1.807) is 6.20 Å². The maximum absolute atomic E-state index is 10.2. The molecule has 8 nitrogen and oxygen atoms in total. The van der Waals surface area contributed by atoms with E-state index < -0.39 is 31.1 Å². The van der Waals surface area contributed by atoms with Crippen molar-refractivity contribution >= 4 is 22.8 Å². The van der Waals surface area contributed by atoms with Gasteiger partial charge in [-0.05, 0) is 12.1 Å². The fourth-order valence-electron chi connectivity index (χ4n) is 2.79. The number of hydrogen-bond acceptors (Lipinski definition) is 8. The highest BCUT2D eigenvalue weighted by Gasteiger charge is 2.44. The van der Waals surface area contributed by atoms with Crippen LogP contribution in [0.5, 0.6) is 0 Å². The molecule has 0 aliphatic carbocycles. The highest BCUT2D eigenvalue weighted by atomic mass is 32.2. The van der Waals surface area contributed by atoms with E-state index in [1.165, 1.54) is 22.8 Å². The molecular weight excluding hydrogens is 344 g/mol. The maximum atomic E-state index is 10.2. The zero-order valence-corrected chi connectivity index (χ0v) is 13.8. The molecule has 3 heterocycles. The van der Waals surface area contributed by atoms with Crippen molar-refractivity contribution in [1.29, 1.82) is 0 Å². The predicted octanol–water partition coefficient (Wildman–Crippen LogP) is 0.589. The topological polar surface area (TPSA) is 114 Å². The Bertz CT molecular complexity index is 875. The average Bonchev–Trinajstić information content (AvgIpc) is 3.18. The molecule has 0 bridgehead atoms. The van der Waals surface area contributed by atoms with Crippen molar-refractivity contribution in [3.8, 4) is 0 Å². The van der Waals surface area contributed by atoms with Crippen LogP contribution in [0.3, 0.4) is 0 Å². The van der Waals surface area contributed by atoms with Gasteiger partial charge in [0.1, 0.15) is 29.7 Å². The SMILES string of the molecule is OC[C@H]1O[C@@H](n2ncc3c(Sc4ccccc4)ncnc32)[C@H](O)[C@@H]1O. The second-order valence-electron chi connectivity index (χ2n) is 5.65. The Morgan fingerprint density at radius 2 is 1.92 bits per heavy atom. The van der Waals surface area contributed by atoms with Gasteiger partial charge in [-0.2, -0.15) is 5.10 Å². The number of rotatable bonds is 4. The third-order valence-electron chi connectivity index (χ3n) is 4.07. The lowest BCUT2D eigenvalue weighted by molar-refractivity contribution is -0.0566. The molecule has 1 aromatic carbocycles. The van der Waals surface area contributed by atoms with E-state index in [1.807, 2.05) is 30.3 Å². The first-order valence-electron chi connectivity index (χ1n) is 7.72. The summed E-state index contributed by atoms with van der Waals surface area (Å²) in [5.74, 6) is 0. The lowest BCUT2D eigenvalue weighted by Gasteiger charge is -2.15. The van der Waals surface area contributed by atoms with Gasteiger partial charge in [0.05, 0.1) is 18.2 Å². The predicted molar refractivity (Wildman–Crippen MR) is 88.9 cm³/mol. The van der Waals surface area contributed by atoms with Crippen LogP contribution >= 0.6 is 11.8 Å². The van der Waals surface area contributed by atoms with E-state index in [2.05, 4.69) is 15.1 Å². The van der Waals surface area contributed by atoms with Crippen molar-refractivity contribution in [3.63, 3.8) is 0 Å². The molecule has 1 aliphatic heterocycles. The Kier molecular flexibility index (Phi) is 4.40. The van der Waals surface area contributed by atoms with Crippen molar-refractivity contribution < 1.29 is 20.1 Å². The van der Waals surface area contributed by atoms with Crippen LogP contribution in [-0.4, -0.2) is 60.0 Å². The Hall–Kier alpha value is -2.04. The van der Waals surface area contributed by atoms with Crippen LogP contribution in [0, 0.1) is 0 Å². The average molecular weight is 360 g/mol. The van der Waals surface area contributed by atoms with Crippen molar-refractivity contribution in [2.75, 3.05) is 6.61 Å². The van der Waals surface area contributed by atoms with Crippen molar-refractivity contribution in [3.05, 3.63) is 42.9 Å². The van der Waals surface area contributed by atoms with E-state index in [-0.39, 0.29) is 0 Å². The van der Waals surface area contributed by atoms with Crippen LogP contribution in [0.4, 0.5) is 0 Å². The van der Waals surface area contributed by atoms with E-state index in [9.17, 15) is 15.3 Å². The number of aromatic nitrogens is 4. The lowest BCUT2D eigenvalue weighted by Crippen LogP contribution is -2.33. The summed E-state index contributed by atoms with van der Waals surface area (Å²) in [6.07, 6.45) is -1.15. The number of benzene rings is 1.